The predicted molar refractivity (Wildman–Crippen MR) is 51.9 cm³/mol. The summed E-state index contributed by atoms with van der Waals surface area (Å²) in [6, 6.07) is 0. The Balaban J connectivity index is 2.70. The van der Waals surface area contributed by atoms with E-state index in [9.17, 15) is 9.59 Å². The minimum absolute atomic E-state index is 0.237. The zero-order chi connectivity index (χ0) is 12.1. The van der Waals surface area contributed by atoms with Crippen LogP contribution in [0.5, 0.6) is 0 Å². The number of nitrogens with one attached hydrogen (secondary N) is 1. The van der Waals surface area contributed by atoms with E-state index in [2.05, 4.69) is 9.83 Å². The van der Waals surface area contributed by atoms with Crippen molar-refractivity contribution in [1.29, 1.82) is 0 Å². The van der Waals surface area contributed by atoms with Gasteiger partial charge in [-0.15, -0.1) is 4.99 Å². The molecule has 90 valence electrons. The normalized spacial score (nSPS) is 20.9. The molecule has 0 spiro atoms. The first-order valence-corrected chi connectivity index (χ1v) is 4.45. The molecule has 9 nitrogen and oxygen atoms in total. The fourth-order valence-corrected chi connectivity index (χ4v) is 1.40. The molecule has 1 aliphatic heterocycles. The van der Waals surface area contributed by atoms with E-state index in [0.717, 1.165) is 0 Å². The van der Waals surface area contributed by atoms with Crippen LogP contribution in [-0.4, -0.2) is 52.5 Å². The van der Waals surface area contributed by atoms with Crippen LogP contribution in [0.2, 0.25) is 0 Å². The molecule has 0 saturated carbocycles. The molecule has 1 fully saturated rings. The van der Waals surface area contributed by atoms with Crippen molar-refractivity contribution >= 4 is 18.1 Å². The first-order valence-electron chi connectivity index (χ1n) is 4.45. The Labute approximate surface area is 90.4 Å². The third-order valence-corrected chi connectivity index (χ3v) is 2.06. The number of nitrogens with zero attached hydrogens (tertiary/aromatic N) is 2. The highest BCUT2D eigenvalue weighted by atomic mass is 16.6. The molecule has 0 aromatic carbocycles. The van der Waals surface area contributed by atoms with Gasteiger partial charge in [-0.3, -0.25) is 10.2 Å². The van der Waals surface area contributed by atoms with E-state index >= 15 is 0 Å². The minimum atomic E-state index is -1.47. The molecular weight excluding hydrogens is 220 g/mol. The van der Waals surface area contributed by atoms with Crippen LogP contribution in [0.4, 0.5) is 9.59 Å². The van der Waals surface area contributed by atoms with Crippen molar-refractivity contribution in [2.24, 2.45) is 10.9 Å². The van der Waals surface area contributed by atoms with Gasteiger partial charge in [-0.2, -0.15) is 0 Å². The average molecular weight is 232 g/mol. The summed E-state index contributed by atoms with van der Waals surface area (Å²) in [7, 11) is 0. The fourth-order valence-electron chi connectivity index (χ4n) is 1.40. The highest BCUT2D eigenvalue weighted by Gasteiger charge is 2.26. The topological polar surface area (TPSA) is 137 Å². The van der Waals surface area contributed by atoms with Crippen molar-refractivity contribution < 1.29 is 24.6 Å². The molecule has 5 N–H and O–H groups in total. The summed E-state index contributed by atoms with van der Waals surface area (Å²) in [4.78, 5) is 30.0. The van der Waals surface area contributed by atoms with Gasteiger partial charge in [0.05, 0.1) is 6.10 Å². The van der Waals surface area contributed by atoms with Crippen LogP contribution in [0.25, 0.3) is 0 Å². The third kappa shape index (κ3) is 3.37. The molecule has 2 amide bonds. The quantitative estimate of drug-likeness (QED) is 0.265. The number of rotatable bonds is 1. The summed E-state index contributed by atoms with van der Waals surface area (Å²) in [6.45, 7) is 0.719. The molecule has 0 aliphatic carbocycles. The number of amides is 2. The molecule has 0 radical (unpaired) electrons. The van der Waals surface area contributed by atoms with Gasteiger partial charge in [0.15, 0.2) is 0 Å². The maximum absolute atomic E-state index is 10.4. The van der Waals surface area contributed by atoms with E-state index in [1.165, 1.54) is 4.90 Å². The van der Waals surface area contributed by atoms with Crippen LogP contribution in [0, 0.1) is 0 Å². The summed E-state index contributed by atoms with van der Waals surface area (Å²) in [5.74, 6) is 4.74. The Bertz CT molecular complexity index is 318. The number of likely N-dealkylation sites (tertiary alicyclic amines) is 1. The van der Waals surface area contributed by atoms with Crippen molar-refractivity contribution in [2.75, 3.05) is 13.1 Å². The molecule has 1 saturated heterocycles. The van der Waals surface area contributed by atoms with Crippen molar-refractivity contribution in [2.45, 2.75) is 12.5 Å². The second-order valence-corrected chi connectivity index (χ2v) is 3.14. The molecule has 16 heavy (non-hydrogen) atoms. The third-order valence-electron chi connectivity index (χ3n) is 2.06. The lowest BCUT2D eigenvalue weighted by molar-refractivity contribution is 0.0634. The highest BCUT2D eigenvalue weighted by Crippen LogP contribution is 2.11. The number of nitrogens with two attached hydrogens (primary N) is 1. The van der Waals surface area contributed by atoms with Gasteiger partial charge < -0.3 is 15.1 Å². The SMILES string of the molecule is NO[C@H]1CCN(C(=NC(=O)O)NC(=O)O)C1. The summed E-state index contributed by atoms with van der Waals surface area (Å²) >= 11 is 0. The number of hydrogen-bond acceptors (Lipinski definition) is 4. The lowest BCUT2D eigenvalue weighted by Crippen LogP contribution is -2.43. The minimum Gasteiger partial charge on any atom is -0.465 e. The van der Waals surface area contributed by atoms with Crippen LogP contribution in [-0.2, 0) is 4.84 Å². The van der Waals surface area contributed by atoms with Crippen molar-refractivity contribution in [3.8, 4) is 0 Å². The van der Waals surface area contributed by atoms with E-state index in [0.29, 0.717) is 19.5 Å². The summed E-state index contributed by atoms with van der Waals surface area (Å²) in [5.41, 5.74) is 0. The van der Waals surface area contributed by atoms with E-state index in [1.807, 2.05) is 5.32 Å². The summed E-state index contributed by atoms with van der Waals surface area (Å²) in [6.07, 6.45) is -2.52. The van der Waals surface area contributed by atoms with Crippen LogP contribution in [0.15, 0.2) is 4.99 Å². The first kappa shape index (κ1) is 12.2. The number of carboxylic acid groups (broad SMARTS) is 2. The van der Waals surface area contributed by atoms with Crippen LogP contribution in [0.3, 0.4) is 0 Å². The van der Waals surface area contributed by atoms with Crippen molar-refractivity contribution in [3.05, 3.63) is 0 Å². The molecule has 1 atom stereocenters. The Morgan fingerprint density at radius 2 is 2.19 bits per heavy atom. The van der Waals surface area contributed by atoms with Gasteiger partial charge in [0.2, 0.25) is 5.96 Å². The van der Waals surface area contributed by atoms with Crippen LogP contribution < -0.4 is 11.2 Å². The maximum Gasteiger partial charge on any atom is 0.434 e. The lowest BCUT2D eigenvalue weighted by atomic mass is 10.3. The highest BCUT2D eigenvalue weighted by molar-refractivity contribution is 5.98. The summed E-state index contributed by atoms with van der Waals surface area (Å²) in [5, 5.41) is 18.9. The van der Waals surface area contributed by atoms with Gasteiger partial charge in [-0.1, -0.05) is 0 Å². The molecule has 9 heteroatoms. The monoisotopic (exact) mass is 232 g/mol. The molecule has 1 rings (SSSR count). The Kier molecular flexibility index (Phi) is 4.03. The largest absolute Gasteiger partial charge is 0.465 e. The van der Waals surface area contributed by atoms with Gasteiger partial charge in [0, 0.05) is 13.1 Å². The van der Waals surface area contributed by atoms with Crippen molar-refractivity contribution in [1.82, 2.24) is 10.2 Å². The molecular formula is C7H12N4O5. The van der Waals surface area contributed by atoms with Crippen molar-refractivity contribution in [3.63, 3.8) is 0 Å². The Hall–Kier alpha value is -1.87. The fraction of sp³-hybridized carbons (Fsp3) is 0.571. The second-order valence-electron chi connectivity index (χ2n) is 3.14. The van der Waals surface area contributed by atoms with Gasteiger partial charge >= 0.3 is 12.2 Å². The van der Waals surface area contributed by atoms with Gasteiger partial charge in [-0.25, -0.2) is 15.5 Å². The molecule has 0 aromatic heterocycles. The molecule has 1 heterocycles. The molecule has 1 aliphatic rings. The molecule has 0 unspecified atom stereocenters. The van der Waals surface area contributed by atoms with E-state index in [4.69, 9.17) is 16.1 Å². The number of guanidine groups is 1. The standard InChI is InChI=1S/C7H12N4O5/c8-16-4-1-2-11(3-4)5(9-6(12)13)10-7(14)15/h4H,1-3,8H2,(H,9,10)(H,12,13)(H,14,15)/t4-/m0/s1. The van der Waals surface area contributed by atoms with Crippen LogP contribution in [0.1, 0.15) is 6.42 Å². The molecule has 0 aromatic rings. The number of aliphatic imine (C=N–C) groups is 1. The van der Waals surface area contributed by atoms with E-state index < -0.39 is 12.2 Å². The zero-order valence-corrected chi connectivity index (χ0v) is 8.29. The number of carbonyl (C=O) groups is 2. The lowest BCUT2D eigenvalue weighted by Gasteiger charge is -2.18. The van der Waals surface area contributed by atoms with Gasteiger partial charge in [0.1, 0.15) is 0 Å². The van der Waals surface area contributed by atoms with E-state index in [-0.39, 0.29) is 12.1 Å². The zero-order valence-electron chi connectivity index (χ0n) is 8.29. The van der Waals surface area contributed by atoms with Gasteiger partial charge in [0.25, 0.3) is 0 Å². The molecule has 0 bridgehead atoms. The van der Waals surface area contributed by atoms with Gasteiger partial charge in [-0.05, 0) is 6.42 Å². The Morgan fingerprint density at radius 3 is 2.62 bits per heavy atom. The predicted octanol–water partition coefficient (Wildman–Crippen LogP) is -0.747. The smallest absolute Gasteiger partial charge is 0.434 e. The van der Waals surface area contributed by atoms with Crippen LogP contribution >= 0.6 is 0 Å². The summed E-state index contributed by atoms with van der Waals surface area (Å²) < 4.78 is 0. The second kappa shape index (κ2) is 5.28. The first-order chi connectivity index (χ1) is 7.52. The Morgan fingerprint density at radius 1 is 1.50 bits per heavy atom. The average Bonchev–Trinajstić information content (AvgIpc) is 2.63. The van der Waals surface area contributed by atoms with E-state index in [1.54, 1.807) is 0 Å². The number of hydrogen-bond donors (Lipinski definition) is 4. The maximum atomic E-state index is 10.4.